The summed E-state index contributed by atoms with van der Waals surface area (Å²) in [6.45, 7) is 13.0. The molecular formula is C16H28FN3OSSi. The standard InChI is InChI=1S/C16H28FN3OSSi/c1-16(2,3)23(4,5)19-22(18,21)15-8-7-13(11-14(15)17)12-20-9-6-10-20/h7-8,11H,6,9-10,12H2,1-5H3,(H2,18,19,21). The van der Waals surface area contributed by atoms with Crippen LogP contribution in [-0.2, 0) is 16.5 Å². The van der Waals surface area contributed by atoms with Crippen LogP contribution in [0, 0.1) is 5.82 Å². The summed E-state index contributed by atoms with van der Waals surface area (Å²) in [4.78, 5) is 2.27. The average molecular weight is 358 g/mol. The van der Waals surface area contributed by atoms with Crippen LogP contribution in [0.5, 0.6) is 0 Å². The second-order valence-electron chi connectivity index (χ2n) is 7.86. The molecule has 0 aromatic heterocycles. The van der Waals surface area contributed by atoms with Gasteiger partial charge in [0.15, 0.2) is 8.24 Å². The molecule has 1 unspecified atom stereocenters. The van der Waals surface area contributed by atoms with Gasteiger partial charge in [-0.15, -0.1) is 0 Å². The van der Waals surface area contributed by atoms with Crippen LogP contribution in [0.2, 0.25) is 18.1 Å². The van der Waals surface area contributed by atoms with Gasteiger partial charge in [-0.2, -0.15) is 0 Å². The van der Waals surface area contributed by atoms with Crippen molar-refractivity contribution >= 4 is 18.2 Å². The molecule has 0 spiro atoms. The first-order chi connectivity index (χ1) is 10.4. The van der Waals surface area contributed by atoms with Gasteiger partial charge in [0.2, 0.25) is 0 Å². The summed E-state index contributed by atoms with van der Waals surface area (Å²) >= 11 is 0. The Kier molecular flexibility index (Phi) is 5.07. The van der Waals surface area contributed by atoms with Crippen LogP contribution in [-0.4, -0.2) is 30.4 Å². The fourth-order valence-corrected chi connectivity index (χ4v) is 7.01. The summed E-state index contributed by atoms with van der Waals surface area (Å²) in [7, 11) is -5.45. The molecular weight excluding hydrogens is 329 g/mol. The second-order valence-corrected chi connectivity index (χ2v) is 14.8. The summed E-state index contributed by atoms with van der Waals surface area (Å²) in [5.41, 5.74) is 0.883. The topological polar surface area (TPSA) is 58.7 Å². The van der Waals surface area contributed by atoms with Gasteiger partial charge < -0.3 is 0 Å². The lowest BCUT2D eigenvalue weighted by molar-refractivity contribution is 0.172. The maximum Gasteiger partial charge on any atom is 0.195 e. The lowest BCUT2D eigenvalue weighted by Gasteiger charge is -2.33. The minimum absolute atomic E-state index is 0.0229. The van der Waals surface area contributed by atoms with E-state index in [0.717, 1.165) is 25.2 Å². The molecule has 130 valence electrons. The van der Waals surface area contributed by atoms with Crippen LogP contribution in [0.1, 0.15) is 32.8 Å². The Morgan fingerprint density at radius 2 is 1.96 bits per heavy atom. The van der Waals surface area contributed by atoms with Crippen molar-refractivity contribution in [2.45, 2.75) is 56.8 Å². The molecule has 0 radical (unpaired) electrons. The largest absolute Gasteiger partial charge is 0.299 e. The Labute approximate surface area is 140 Å². The van der Waals surface area contributed by atoms with E-state index in [1.54, 1.807) is 6.07 Å². The summed E-state index contributed by atoms with van der Waals surface area (Å²) in [6.07, 6.45) is 1.20. The predicted octanol–water partition coefficient (Wildman–Crippen LogP) is 3.74. The summed E-state index contributed by atoms with van der Waals surface area (Å²) < 4.78 is 31.8. The molecule has 23 heavy (non-hydrogen) atoms. The van der Waals surface area contributed by atoms with E-state index in [0.29, 0.717) is 0 Å². The first kappa shape index (κ1) is 18.6. The van der Waals surface area contributed by atoms with Crippen molar-refractivity contribution in [3.8, 4) is 0 Å². The lowest BCUT2D eigenvalue weighted by Crippen LogP contribution is -2.38. The number of benzene rings is 1. The lowest BCUT2D eigenvalue weighted by atomic mass is 10.1. The highest BCUT2D eigenvalue weighted by Gasteiger charge is 2.37. The van der Waals surface area contributed by atoms with Crippen LogP contribution >= 0.6 is 0 Å². The molecule has 2 N–H and O–H groups in total. The van der Waals surface area contributed by atoms with Crippen molar-refractivity contribution in [2.24, 2.45) is 9.17 Å². The highest BCUT2D eigenvalue weighted by Crippen LogP contribution is 2.38. The third-order valence-corrected chi connectivity index (χ3v) is 12.4. The Hall–Kier alpha value is -0.763. The van der Waals surface area contributed by atoms with Gasteiger partial charge in [-0.05, 0) is 55.3 Å². The van der Waals surface area contributed by atoms with Crippen LogP contribution in [0.15, 0.2) is 27.1 Å². The van der Waals surface area contributed by atoms with Gasteiger partial charge in [0.05, 0.1) is 4.90 Å². The highest BCUT2D eigenvalue weighted by atomic mass is 32.2. The van der Waals surface area contributed by atoms with Crippen LogP contribution < -0.4 is 5.14 Å². The summed E-state index contributed by atoms with van der Waals surface area (Å²) in [5, 5.41) is 5.86. The van der Waals surface area contributed by atoms with Crippen molar-refractivity contribution in [1.29, 1.82) is 0 Å². The minimum Gasteiger partial charge on any atom is -0.299 e. The van der Waals surface area contributed by atoms with Crippen LogP contribution in [0.25, 0.3) is 0 Å². The fourth-order valence-electron chi connectivity index (χ4n) is 2.20. The first-order valence-electron chi connectivity index (χ1n) is 7.99. The van der Waals surface area contributed by atoms with Crippen molar-refractivity contribution in [2.75, 3.05) is 13.1 Å². The minimum atomic E-state index is -3.22. The van der Waals surface area contributed by atoms with Crippen LogP contribution in [0.4, 0.5) is 4.39 Å². The molecule has 7 heteroatoms. The molecule has 0 aliphatic carbocycles. The molecule has 4 nitrogen and oxygen atoms in total. The SMILES string of the molecule is CC(C)(C)[Si](C)(C)N=S(N)(=O)c1ccc(CN2CCC2)cc1F. The molecule has 1 aliphatic heterocycles. The van der Waals surface area contributed by atoms with E-state index in [-0.39, 0.29) is 9.93 Å². The number of hydrogen-bond acceptors (Lipinski definition) is 3. The number of rotatable bonds is 4. The van der Waals surface area contributed by atoms with Gasteiger partial charge in [-0.25, -0.2) is 13.7 Å². The Morgan fingerprint density at radius 3 is 2.39 bits per heavy atom. The van der Waals surface area contributed by atoms with Crippen molar-refractivity contribution in [1.82, 2.24) is 4.90 Å². The maximum atomic E-state index is 14.5. The zero-order valence-electron chi connectivity index (χ0n) is 14.7. The predicted molar refractivity (Wildman–Crippen MR) is 96.5 cm³/mol. The zero-order valence-corrected chi connectivity index (χ0v) is 16.5. The number of hydrogen-bond donors (Lipinski definition) is 1. The van der Waals surface area contributed by atoms with E-state index in [4.69, 9.17) is 5.14 Å². The maximum absolute atomic E-state index is 14.5. The molecule has 1 aromatic rings. The Balaban J connectivity index is 2.34. The van der Waals surface area contributed by atoms with Gasteiger partial charge in [0.25, 0.3) is 0 Å². The normalized spacial score (nSPS) is 19.1. The van der Waals surface area contributed by atoms with E-state index in [1.165, 1.54) is 12.5 Å². The van der Waals surface area contributed by atoms with Gasteiger partial charge in [0.1, 0.15) is 15.7 Å². The van der Waals surface area contributed by atoms with Crippen molar-refractivity contribution in [3.63, 3.8) is 0 Å². The van der Waals surface area contributed by atoms with Gasteiger partial charge in [-0.1, -0.05) is 26.8 Å². The molecule has 0 amide bonds. The molecule has 1 heterocycles. The van der Waals surface area contributed by atoms with Gasteiger partial charge >= 0.3 is 0 Å². The number of halogens is 1. The molecule has 0 saturated carbocycles. The third-order valence-electron chi connectivity index (χ3n) is 4.87. The molecule has 1 fully saturated rings. The zero-order chi connectivity index (χ0) is 17.5. The smallest absolute Gasteiger partial charge is 0.195 e. The average Bonchev–Trinajstić information content (AvgIpc) is 2.30. The number of nitrogens with zero attached hydrogens (tertiary/aromatic N) is 2. The number of nitrogens with two attached hydrogens (primary N) is 1. The molecule has 1 saturated heterocycles. The summed E-state index contributed by atoms with van der Waals surface area (Å²) in [5.74, 6) is -0.516. The second kappa shape index (κ2) is 6.27. The van der Waals surface area contributed by atoms with E-state index in [9.17, 15) is 8.60 Å². The monoisotopic (exact) mass is 357 g/mol. The molecule has 1 aliphatic rings. The molecule has 1 aromatic carbocycles. The molecule has 2 rings (SSSR count). The summed E-state index contributed by atoms with van der Waals surface area (Å²) in [6, 6.07) is 4.80. The van der Waals surface area contributed by atoms with Crippen LogP contribution in [0.3, 0.4) is 0 Å². The quantitative estimate of drug-likeness (QED) is 0.835. The molecule has 1 atom stereocenters. The highest BCUT2D eigenvalue weighted by molar-refractivity contribution is 7.92. The van der Waals surface area contributed by atoms with E-state index >= 15 is 0 Å². The van der Waals surface area contributed by atoms with E-state index < -0.39 is 24.0 Å². The van der Waals surface area contributed by atoms with Crippen molar-refractivity contribution in [3.05, 3.63) is 29.6 Å². The van der Waals surface area contributed by atoms with Crippen molar-refractivity contribution < 1.29 is 8.60 Å². The number of likely N-dealkylation sites (tertiary alicyclic amines) is 1. The van der Waals surface area contributed by atoms with Gasteiger partial charge in [0, 0.05) is 6.54 Å². The van der Waals surface area contributed by atoms with Gasteiger partial charge in [-0.3, -0.25) is 8.93 Å². The fraction of sp³-hybridized carbons (Fsp3) is 0.625. The van der Waals surface area contributed by atoms with E-state index in [2.05, 4.69) is 29.7 Å². The third kappa shape index (κ3) is 4.20. The first-order valence-corrected chi connectivity index (χ1v) is 12.5. The Morgan fingerprint density at radius 1 is 1.35 bits per heavy atom. The van der Waals surface area contributed by atoms with E-state index in [1.807, 2.05) is 19.2 Å². The molecule has 0 bridgehead atoms. The Bertz CT molecular complexity index is 702.